The third-order valence-electron chi connectivity index (χ3n) is 6.37. The Labute approximate surface area is 259 Å². The average Bonchev–Trinajstić information content (AvgIpc) is 3.21. The molecule has 5 nitrogen and oxygen atoms in total. The normalized spacial score (nSPS) is 12.6. The van der Waals surface area contributed by atoms with E-state index in [-0.39, 0.29) is 0 Å². The summed E-state index contributed by atoms with van der Waals surface area (Å²) in [6.07, 6.45) is 12.4. The van der Waals surface area contributed by atoms with Crippen molar-refractivity contribution in [1.82, 2.24) is 14.5 Å². The van der Waals surface area contributed by atoms with E-state index in [1.54, 1.807) is 0 Å². The van der Waals surface area contributed by atoms with Crippen molar-refractivity contribution < 1.29 is 9.47 Å². The highest BCUT2D eigenvalue weighted by molar-refractivity contribution is 6.30. The molecular weight excluding hydrogens is 542 g/mol. The quantitative estimate of drug-likeness (QED) is 0.235. The molecular formula is C36H50ClN3O2. The molecule has 1 aliphatic rings. The fourth-order valence-corrected chi connectivity index (χ4v) is 4.60. The second-order valence-corrected chi connectivity index (χ2v) is 10.8. The van der Waals surface area contributed by atoms with Crippen molar-refractivity contribution in [2.24, 2.45) is 0 Å². The second kappa shape index (κ2) is 18.3. The van der Waals surface area contributed by atoms with Crippen LogP contribution >= 0.6 is 11.6 Å². The molecule has 228 valence electrons. The molecule has 0 N–H and O–H groups in total. The zero-order valence-electron chi connectivity index (χ0n) is 27.0. The summed E-state index contributed by atoms with van der Waals surface area (Å²) in [5.74, 6) is 3.36. The summed E-state index contributed by atoms with van der Waals surface area (Å²) in [5, 5.41) is 0.690. The molecule has 0 unspecified atom stereocenters. The summed E-state index contributed by atoms with van der Waals surface area (Å²) in [5.41, 5.74) is 3.05. The van der Waals surface area contributed by atoms with Gasteiger partial charge in [0.05, 0.1) is 5.69 Å². The molecule has 0 bridgehead atoms. The number of aromatic nitrogens is 2. The molecule has 0 aliphatic heterocycles. The molecule has 0 spiro atoms. The lowest BCUT2D eigenvalue weighted by atomic mass is 10.1. The maximum absolute atomic E-state index is 6.01. The maximum Gasteiger partial charge on any atom is 0.127 e. The van der Waals surface area contributed by atoms with Crippen LogP contribution in [-0.2, 0) is 0 Å². The lowest BCUT2D eigenvalue weighted by molar-refractivity contribution is 0.142. The minimum Gasteiger partial charge on any atom is -0.492 e. The second-order valence-electron chi connectivity index (χ2n) is 10.4. The van der Waals surface area contributed by atoms with Crippen LogP contribution in [-0.4, -0.2) is 39.7 Å². The Balaban J connectivity index is 0.00000116. The van der Waals surface area contributed by atoms with E-state index in [0.717, 1.165) is 53.0 Å². The predicted octanol–water partition coefficient (Wildman–Crippen LogP) is 10.2. The number of hydrogen-bond donors (Lipinski definition) is 0. The molecule has 1 aliphatic carbocycles. The summed E-state index contributed by atoms with van der Waals surface area (Å²) in [7, 11) is 0. The predicted molar refractivity (Wildman–Crippen MR) is 180 cm³/mol. The van der Waals surface area contributed by atoms with Gasteiger partial charge >= 0.3 is 0 Å². The first-order valence-corrected chi connectivity index (χ1v) is 15.7. The number of nitrogens with zero attached hydrogens (tertiary/aromatic N) is 3. The summed E-state index contributed by atoms with van der Waals surface area (Å²) >= 11 is 5.98. The molecule has 4 rings (SSSR count). The van der Waals surface area contributed by atoms with Crippen molar-refractivity contribution >= 4 is 17.3 Å². The Morgan fingerprint density at radius 1 is 0.881 bits per heavy atom. The van der Waals surface area contributed by atoms with Crippen molar-refractivity contribution in [2.45, 2.75) is 87.2 Å². The Kier molecular flexibility index (Phi) is 15.2. The van der Waals surface area contributed by atoms with E-state index in [9.17, 15) is 0 Å². The number of imidazole rings is 1. The lowest BCUT2D eigenvalue weighted by Crippen LogP contribution is -2.39. The van der Waals surface area contributed by atoms with Gasteiger partial charge in [0.1, 0.15) is 29.7 Å². The van der Waals surface area contributed by atoms with E-state index in [4.69, 9.17) is 26.1 Å². The van der Waals surface area contributed by atoms with Gasteiger partial charge in [-0.25, -0.2) is 4.98 Å². The van der Waals surface area contributed by atoms with Crippen LogP contribution in [0.4, 0.5) is 0 Å². The molecule has 6 heteroatoms. The molecule has 42 heavy (non-hydrogen) atoms. The van der Waals surface area contributed by atoms with Crippen LogP contribution in [0.2, 0.25) is 5.02 Å². The van der Waals surface area contributed by atoms with Crippen molar-refractivity contribution in [2.75, 3.05) is 13.2 Å². The Hall–Kier alpha value is -3.28. The van der Waals surface area contributed by atoms with Crippen LogP contribution < -0.4 is 9.47 Å². The minimum atomic E-state index is 0.501. The number of aryl methyl sites for hydroxylation is 1. The van der Waals surface area contributed by atoms with Crippen LogP contribution in [0.15, 0.2) is 84.8 Å². The average molecular weight is 592 g/mol. The van der Waals surface area contributed by atoms with Crippen LogP contribution in [0.1, 0.15) is 74.1 Å². The minimum absolute atomic E-state index is 0.501. The molecule has 1 heterocycles. The summed E-state index contributed by atoms with van der Waals surface area (Å²) in [4.78, 5) is 7.25. The Bertz CT molecular complexity index is 1280. The first-order chi connectivity index (χ1) is 20.2. The van der Waals surface area contributed by atoms with E-state index in [0.29, 0.717) is 23.7 Å². The molecule has 0 amide bonds. The van der Waals surface area contributed by atoms with Gasteiger partial charge in [0, 0.05) is 41.1 Å². The largest absolute Gasteiger partial charge is 0.492 e. The van der Waals surface area contributed by atoms with E-state index in [2.05, 4.69) is 87.6 Å². The number of hydrogen-bond acceptors (Lipinski definition) is 4. The molecule has 2 aromatic carbocycles. The summed E-state index contributed by atoms with van der Waals surface area (Å²) in [6.45, 7) is 20.7. The van der Waals surface area contributed by atoms with Crippen molar-refractivity contribution in [1.29, 1.82) is 0 Å². The summed E-state index contributed by atoms with van der Waals surface area (Å²) in [6, 6.07) is 16.6. The third kappa shape index (κ3) is 10.8. The molecule has 0 saturated heterocycles. The SMILES string of the molecule is CC.CCC.Cc1nc(-c2ccc(OCCN(C(C)C)C(C)C)cc2)cn1C1=CCC=C(Oc2ccc(Cl)cc2)C=C1. The third-order valence-corrected chi connectivity index (χ3v) is 6.62. The topological polar surface area (TPSA) is 39.5 Å². The van der Waals surface area contributed by atoms with Gasteiger partial charge < -0.3 is 14.0 Å². The fraction of sp³-hybridized carbons (Fsp3) is 0.417. The van der Waals surface area contributed by atoms with Crippen molar-refractivity contribution in [3.63, 3.8) is 0 Å². The maximum atomic E-state index is 6.01. The highest BCUT2D eigenvalue weighted by atomic mass is 35.5. The van der Waals surface area contributed by atoms with Crippen LogP contribution in [0.25, 0.3) is 17.0 Å². The molecule has 0 atom stereocenters. The number of ether oxygens (including phenoxy) is 2. The van der Waals surface area contributed by atoms with Crippen LogP contribution in [0.5, 0.6) is 11.5 Å². The molecule has 0 radical (unpaired) electrons. The zero-order valence-corrected chi connectivity index (χ0v) is 27.8. The highest BCUT2D eigenvalue weighted by Crippen LogP contribution is 2.26. The molecule has 1 aromatic heterocycles. The first-order valence-electron chi connectivity index (χ1n) is 15.3. The van der Waals surface area contributed by atoms with E-state index < -0.39 is 0 Å². The van der Waals surface area contributed by atoms with Gasteiger partial charge in [0.2, 0.25) is 0 Å². The molecule has 0 saturated carbocycles. The number of benzene rings is 2. The van der Waals surface area contributed by atoms with Crippen molar-refractivity contribution in [3.05, 3.63) is 95.6 Å². The lowest BCUT2D eigenvalue weighted by Gasteiger charge is -2.30. The van der Waals surface area contributed by atoms with Crippen molar-refractivity contribution in [3.8, 4) is 22.8 Å². The number of allylic oxidation sites excluding steroid dienone is 5. The monoisotopic (exact) mass is 591 g/mol. The highest BCUT2D eigenvalue weighted by Gasteiger charge is 2.13. The van der Waals surface area contributed by atoms with Gasteiger partial charge in [-0.2, -0.15) is 0 Å². The van der Waals surface area contributed by atoms with Gasteiger partial charge in [-0.05, 0) is 108 Å². The number of rotatable bonds is 10. The molecule has 3 aromatic rings. The van der Waals surface area contributed by atoms with E-state index >= 15 is 0 Å². The molecule has 0 fully saturated rings. The number of halogens is 1. The summed E-state index contributed by atoms with van der Waals surface area (Å²) < 4.78 is 14.1. The first kappa shape index (κ1) is 34.9. The standard InChI is InChI=1S/C31H36ClN3O2.C3H8.C2H6/c1-22(2)34(23(3)4)19-20-36-28-14-9-25(10-15-28)31-21-35(24(5)33-31)27-7-6-8-29(18-13-27)37-30-16-11-26(32)12-17-30;1-3-2;1-2/h7-18,21-23H,6,19-20H2,1-5H3;3H2,1-2H3;1-2H3. The Morgan fingerprint density at radius 2 is 1.48 bits per heavy atom. The zero-order chi connectivity index (χ0) is 31.1. The fourth-order valence-electron chi connectivity index (χ4n) is 4.47. The van der Waals surface area contributed by atoms with Gasteiger partial charge in [-0.15, -0.1) is 0 Å². The van der Waals surface area contributed by atoms with E-state index in [1.807, 2.05) is 63.2 Å². The van der Waals surface area contributed by atoms with Gasteiger partial charge in [0.25, 0.3) is 0 Å². The van der Waals surface area contributed by atoms with Gasteiger partial charge in [0.15, 0.2) is 0 Å². The van der Waals surface area contributed by atoms with Crippen LogP contribution in [0.3, 0.4) is 0 Å². The van der Waals surface area contributed by atoms with E-state index in [1.165, 1.54) is 6.42 Å². The van der Waals surface area contributed by atoms with Gasteiger partial charge in [-0.3, -0.25) is 4.90 Å². The Morgan fingerprint density at radius 3 is 2.07 bits per heavy atom. The van der Waals surface area contributed by atoms with Gasteiger partial charge in [-0.1, -0.05) is 51.8 Å². The van der Waals surface area contributed by atoms with Crippen LogP contribution in [0, 0.1) is 6.92 Å². The smallest absolute Gasteiger partial charge is 0.127 e.